The summed E-state index contributed by atoms with van der Waals surface area (Å²) < 4.78 is 7.32. The predicted molar refractivity (Wildman–Crippen MR) is 89.6 cm³/mol. The summed E-state index contributed by atoms with van der Waals surface area (Å²) in [5, 5.41) is 9.55. The van der Waals surface area contributed by atoms with E-state index in [-0.39, 0.29) is 6.04 Å². The molecule has 0 spiro atoms. The Kier molecular flexibility index (Phi) is 3.95. The van der Waals surface area contributed by atoms with Crippen LogP contribution < -0.4 is 0 Å². The lowest BCUT2D eigenvalue weighted by Gasteiger charge is -2.30. The van der Waals surface area contributed by atoms with Crippen molar-refractivity contribution in [3.63, 3.8) is 0 Å². The van der Waals surface area contributed by atoms with Crippen LogP contribution in [0.1, 0.15) is 11.6 Å². The second-order valence-electron chi connectivity index (χ2n) is 5.73. The van der Waals surface area contributed by atoms with Gasteiger partial charge in [0.05, 0.1) is 30.3 Å². The second kappa shape index (κ2) is 6.40. The van der Waals surface area contributed by atoms with Crippen LogP contribution in [0.2, 0.25) is 0 Å². The zero-order chi connectivity index (χ0) is 16.4. The fraction of sp³-hybridized carbons (Fsp3) is 0.278. The summed E-state index contributed by atoms with van der Waals surface area (Å²) in [5.41, 5.74) is 2.86. The van der Waals surface area contributed by atoms with Gasteiger partial charge in [-0.25, -0.2) is 9.97 Å². The molecule has 0 saturated carbocycles. The van der Waals surface area contributed by atoms with E-state index in [0.717, 1.165) is 35.5 Å². The topological polar surface area (TPSA) is 67.0 Å². The molecule has 0 bridgehead atoms. The Balaban J connectivity index is 1.63. The summed E-state index contributed by atoms with van der Waals surface area (Å²) in [6.07, 6.45) is 3.56. The Hall–Kier alpha value is -2.75. The van der Waals surface area contributed by atoms with Gasteiger partial charge in [0.15, 0.2) is 0 Å². The number of para-hydroxylation sites is 2. The highest BCUT2D eigenvalue weighted by Crippen LogP contribution is 2.22. The first kappa shape index (κ1) is 14.8. The molecule has 4 rings (SSSR count). The second-order valence-corrected chi connectivity index (χ2v) is 5.73. The standard InChI is InChI=1S/C18H17N5O/c19-11-17(22-7-9-24-10-8-22)14-5-6-18(20-12-14)23-13-21-15-3-1-2-4-16(15)23/h1-6,12-13,17H,7-10H2. The van der Waals surface area contributed by atoms with Crippen LogP contribution in [0.3, 0.4) is 0 Å². The average molecular weight is 319 g/mol. The molecule has 0 N–H and O–H groups in total. The first-order valence-corrected chi connectivity index (χ1v) is 7.96. The summed E-state index contributed by atoms with van der Waals surface area (Å²) in [6, 6.07) is 14.0. The maximum absolute atomic E-state index is 9.55. The molecule has 1 aliphatic rings. The number of nitriles is 1. The third-order valence-corrected chi connectivity index (χ3v) is 4.32. The number of aromatic nitrogens is 3. The number of morpholine rings is 1. The summed E-state index contributed by atoms with van der Waals surface area (Å²) >= 11 is 0. The minimum atomic E-state index is -0.282. The van der Waals surface area contributed by atoms with Gasteiger partial charge in [0.25, 0.3) is 0 Å². The highest BCUT2D eigenvalue weighted by atomic mass is 16.5. The maximum atomic E-state index is 9.55. The summed E-state index contributed by atoms with van der Waals surface area (Å²) in [5.74, 6) is 0.797. The molecule has 1 unspecified atom stereocenters. The van der Waals surface area contributed by atoms with Crippen LogP contribution in [0, 0.1) is 11.3 Å². The van der Waals surface area contributed by atoms with Crippen LogP contribution in [0.15, 0.2) is 48.9 Å². The van der Waals surface area contributed by atoms with Crippen LogP contribution in [-0.2, 0) is 4.74 Å². The Labute approximate surface area is 139 Å². The van der Waals surface area contributed by atoms with Crippen molar-refractivity contribution in [2.45, 2.75) is 6.04 Å². The van der Waals surface area contributed by atoms with E-state index in [4.69, 9.17) is 4.74 Å². The van der Waals surface area contributed by atoms with Crippen molar-refractivity contribution in [2.24, 2.45) is 0 Å². The molecule has 2 aromatic heterocycles. The number of rotatable bonds is 3. The Morgan fingerprint density at radius 3 is 2.67 bits per heavy atom. The van der Waals surface area contributed by atoms with E-state index in [1.165, 1.54) is 0 Å². The molecule has 24 heavy (non-hydrogen) atoms. The van der Waals surface area contributed by atoms with Crippen LogP contribution in [0.25, 0.3) is 16.9 Å². The third kappa shape index (κ3) is 2.64. The van der Waals surface area contributed by atoms with Gasteiger partial charge in [0.1, 0.15) is 18.2 Å². The Morgan fingerprint density at radius 1 is 1.08 bits per heavy atom. The zero-order valence-electron chi connectivity index (χ0n) is 13.2. The van der Waals surface area contributed by atoms with Gasteiger partial charge in [-0.3, -0.25) is 9.47 Å². The number of hydrogen-bond donors (Lipinski definition) is 0. The summed E-state index contributed by atoms with van der Waals surface area (Å²) in [6.45, 7) is 2.88. The van der Waals surface area contributed by atoms with Crippen molar-refractivity contribution in [1.82, 2.24) is 19.4 Å². The van der Waals surface area contributed by atoms with E-state index in [9.17, 15) is 5.26 Å². The van der Waals surface area contributed by atoms with Crippen LogP contribution in [0.4, 0.5) is 0 Å². The maximum Gasteiger partial charge on any atom is 0.138 e. The normalized spacial score (nSPS) is 16.8. The van der Waals surface area contributed by atoms with Crippen molar-refractivity contribution >= 4 is 11.0 Å². The van der Waals surface area contributed by atoms with Crippen molar-refractivity contribution < 1.29 is 4.74 Å². The molecular weight excluding hydrogens is 302 g/mol. The van der Waals surface area contributed by atoms with Gasteiger partial charge in [-0.05, 0) is 18.2 Å². The molecule has 3 aromatic rings. The highest BCUT2D eigenvalue weighted by molar-refractivity contribution is 5.76. The van der Waals surface area contributed by atoms with Gasteiger partial charge >= 0.3 is 0 Å². The molecule has 1 saturated heterocycles. The first-order chi connectivity index (χ1) is 11.9. The van der Waals surface area contributed by atoms with Gasteiger partial charge in [0, 0.05) is 24.8 Å². The summed E-state index contributed by atoms with van der Waals surface area (Å²) in [7, 11) is 0. The molecule has 6 heteroatoms. The molecule has 120 valence electrons. The van der Waals surface area contributed by atoms with E-state index in [1.54, 1.807) is 12.5 Å². The van der Waals surface area contributed by atoms with Gasteiger partial charge in [-0.1, -0.05) is 18.2 Å². The van der Waals surface area contributed by atoms with E-state index in [1.807, 2.05) is 41.0 Å². The number of ether oxygens (including phenoxy) is 1. The monoisotopic (exact) mass is 319 g/mol. The van der Waals surface area contributed by atoms with E-state index < -0.39 is 0 Å². The smallest absolute Gasteiger partial charge is 0.138 e. The number of pyridine rings is 1. The molecular formula is C18H17N5O. The molecule has 0 amide bonds. The van der Waals surface area contributed by atoms with Crippen molar-refractivity contribution in [2.75, 3.05) is 26.3 Å². The lowest BCUT2D eigenvalue weighted by Crippen LogP contribution is -2.38. The molecule has 0 radical (unpaired) electrons. The van der Waals surface area contributed by atoms with Gasteiger partial charge in [0.2, 0.25) is 0 Å². The first-order valence-electron chi connectivity index (χ1n) is 7.96. The summed E-state index contributed by atoms with van der Waals surface area (Å²) in [4.78, 5) is 11.1. The number of hydrogen-bond acceptors (Lipinski definition) is 5. The zero-order valence-corrected chi connectivity index (χ0v) is 13.2. The number of imidazole rings is 1. The molecule has 1 fully saturated rings. The molecule has 3 heterocycles. The van der Waals surface area contributed by atoms with E-state index >= 15 is 0 Å². The fourth-order valence-corrected chi connectivity index (χ4v) is 3.05. The number of nitrogens with zero attached hydrogens (tertiary/aromatic N) is 5. The average Bonchev–Trinajstić information content (AvgIpc) is 3.08. The lowest BCUT2D eigenvalue weighted by molar-refractivity contribution is 0.0266. The minimum Gasteiger partial charge on any atom is -0.379 e. The van der Waals surface area contributed by atoms with Crippen molar-refractivity contribution in [3.8, 4) is 11.9 Å². The molecule has 1 atom stereocenters. The van der Waals surface area contributed by atoms with Gasteiger partial charge in [-0.2, -0.15) is 5.26 Å². The molecule has 1 aliphatic heterocycles. The van der Waals surface area contributed by atoms with Gasteiger partial charge in [-0.15, -0.1) is 0 Å². The molecule has 6 nitrogen and oxygen atoms in total. The van der Waals surface area contributed by atoms with Crippen LogP contribution >= 0.6 is 0 Å². The SMILES string of the molecule is N#CC(c1ccc(-n2cnc3ccccc32)nc1)N1CCOCC1. The van der Waals surface area contributed by atoms with Gasteiger partial charge < -0.3 is 4.74 Å². The number of benzene rings is 1. The Morgan fingerprint density at radius 2 is 1.92 bits per heavy atom. The fourth-order valence-electron chi connectivity index (χ4n) is 3.05. The largest absolute Gasteiger partial charge is 0.379 e. The van der Waals surface area contributed by atoms with Crippen molar-refractivity contribution in [3.05, 3.63) is 54.5 Å². The third-order valence-electron chi connectivity index (χ3n) is 4.32. The molecule has 0 aliphatic carbocycles. The van der Waals surface area contributed by atoms with Crippen molar-refractivity contribution in [1.29, 1.82) is 5.26 Å². The highest BCUT2D eigenvalue weighted by Gasteiger charge is 2.22. The van der Waals surface area contributed by atoms with E-state index in [2.05, 4.69) is 20.9 Å². The van der Waals surface area contributed by atoms with E-state index in [0.29, 0.717) is 13.2 Å². The Bertz CT molecular complexity index is 874. The molecule has 1 aromatic carbocycles. The van der Waals surface area contributed by atoms with Crippen LogP contribution in [0.5, 0.6) is 0 Å². The predicted octanol–water partition coefficient (Wildman–Crippen LogP) is 2.32. The number of fused-ring (bicyclic) bond motifs is 1. The minimum absolute atomic E-state index is 0.282. The van der Waals surface area contributed by atoms with Crippen LogP contribution in [-0.4, -0.2) is 45.7 Å². The quantitative estimate of drug-likeness (QED) is 0.741. The lowest BCUT2D eigenvalue weighted by atomic mass is 10.1.